The summed E-state index contributed by atoms with van der Waals surface area (Å²) in [6.07, 6.45) is 3.83. The van der Waals surface area contributed by atoms with E-state index in [-0.39, 0.29) is 0 Å². The van der Waals surface area contributed by atoms with Crippen LogP contribution in [0.3, 0.4) is 0 Å². The Bertz CT molecular complexity index is 522. The molecule has 0 aliphatic heterocycles. The van der Waals surface area contributed by atoms with Crippen LogP contribution in [0.5, 0.6) is 0 Å². The fraction of sp³-hybridized carbons (Fsp3) is 0.333. The molecule has 4 heteroatoms. The molecule has 4 nitrogen and oxygen atoms in total. The molecule has 2 aromatic heterocycles. The maximum Gasteiger partial charge on any atom is 0.0924 e. The molecule has 0 saturated carbocycles. The highest BCUT2D eigenvalue weighted by Crippen LogP contribution is 2.32. The van der Waals surface area contributed by atoms with E-state index in [0.717, 1.165) is 5.69 Å². The summed E-state index contributed by atoms with van der Waals surface area (Å²) in [5, 5.41) is 10.5. The summed E-state index contributed by atoms with van der Waals surface area (Å²) >= 11 is 0. The minimum absolute atomic E-state index is 0.425. The van der Waals surface area contributed by atoms with Crippen molar-refractivity contribution in [3.63, 3.8) is 0 Å². The Labute approximate surface area is 113 Å². The molecule has 0 aliphatic rings. The van der Waals surface area contributed by atoms with Crippen LogP contribution in [0.25, 0.3) is 0 Å². The summed E-state index contributed by atoms with van der Waals surface area (Å²) in [6, 6.07) is 11.2. The van der Waals surface area contributed by atoms with Crippen molar-refractivity contribution in [3.8, 4) is 0 Å². The number of hydrogen-bond acceptors (Lipinski definition) is 4. The summed E-state index contributed by atoms with van der Waals surface area (Å²) in [5.74, 6) is 0. The fourth-order valence-corrected chi connectivity index (χ4v) is 2.04. The second-order valence-corrected chi connectivity index (χ2v) is 5.24. The predicted molar refractivity (Wildman–Crippen MR) is 74.3 cm³/mol. The SMILES string of the molecule is CC(C)(O)C(N)(Cc1ccccn1)c1ccccn1. The topological polar surface area (TPSA) is 72.0 Å². The molecule has 1 unspecified atom stereocenters. The van der Waals surface area contributed by atoms with Crippen LogP contribution in [0, 0.1) is 0 Å². The summed E-state index contributed by atoms with van der Waals surface area (Å²) in [7, 11) is 0. The Morgan fingerprint density at radius 3 is 2.16 bits per heavy atom. The van der Waals surface area contributed by atoms with E-state index in [0.29, 0.717) is 12.1 Å². The average molecular weight is 257 g/mol. The first-order valence-electron chi connectivity index (χ1n) is 6.26. The Kier molecular flexibility index (Phi) is 3.64. The molecule has 100 valence electrons. The van der Waals surface area contributed by atoms with Crippen molar-refractivity contribution < 1.29 is 5.11 Å². The van der Waals surface area contributed by atoms with Crippen molar-refractivity contribution in [2.75, 3.05) is 0 Å². The van der Waals surface area contributed by atoms with E-state index in [1.54, 1.807) is 26.2 Å². The zero-order valence-electron chi connectivity index (χ0n) is 11.2. The molecule has 0 fully saturated rings. The van der Waals surface area contributed by atoms with Gasteiger partial charge < -0.3 is 10.8 Å². The van der Waals surface area contributed by atoms with Crippen molar-refractivity contribution >= 4 is 0 Å². The lowest BCUT2D eigenvalue weighted by atomic mass is 9.76. The maximum atomic E-state index is 10.5. The Hall–Kier alpha value is -1.78. The normalized spacial score (nSPS) is 14.9. The standard InChI is InChI=1S/C15H19N3O/c1-14(2,19)15(16,13-8-4-6-10-18-13)11-12-7-3-5-9-17-12/h3-10,19H,11,16H2,1-2H3. The molecule has 0 radical (unpaired) electrons. The van der Waals surface area contributed by atoms with Gasteiger partial charge in [-0.2, -0.15) is 0 Å². The van der Waals surface area contributed by atoms with Crippen LogP contribution in [0.4, 0.5) is 0 Å². The van der Waals surface area contributed by atoms with Crippen molar-refractivity contribution in [2.24, 2.45) is 5.73 Å². The van der Waals surface area contributed by atoms with Crippen LogP contribution in [0.1, 0.15) is 25.2 Å². The largest absolute Gasteiger partial charge is 0.388 e. The first-order valence-corrected chi connectivity index (χ1v) is 6.26. The minimum Gasteiger partial charge on any atom is -0.388 e. The van der Waals surface area contributed by atoms with Gasteiger partial charge in [0.05, 0.1) is 16.8 Å². The zero-order chi connectivity index (χ0) is 13.9. The van der Waals surface area contributed by atoms with Gasteiger partial charge in [-0.15, -0.1) is 0 Å². The number of pyridine rings is 2. The third-order valence-corrected chi connectivity index (χ3v) is 3.40. The van der Waals surface area contributed by atoms with Gasteiger partial charge in [0.2, 0.25) is 0 Å². The van der Waals surface area contributed by atoms with Crippen molar-refractivity contribution in [3.05, 3.63) is 60.2 Å². The van der Waals surface area contributed by atoms with Crippen molar-refractivity contribution in [2.45, 2.75) is 31.4 Å². The summed E-state index contributed by atoms with van der Waals surface area (Å²) in [4.78, 5) is 8.58. The van der Waals surface area contributed by atoms with Crippen LogP contribution in [-0.4, -0.2) is 20.7 Å². The molecule has 2 rings (SSSR count). The number of aliphatic hydroxyl groups is 1. The third-order valence-electron chi connectivity index (χ3n) is 3.40. The number of nitrogens with two attached hydrogens (primary N) is 1. The van der Waals surface area contributed by atoms with Crippen LogP contribution < -0.4 is 5.73 Å². The average Bonchev–Trinajstić information content (AvgIpc) is 2.39. The number of hydrogen-bond donors (Lipinski definition) is 2. The smallest absolute Gasteiger partial charge is 0.0924 e. The van der Waals surface area contributed by atoms with Crippen molar-refractivity contribution in [1.82, 2.24) is 9.97 Å². The zero-order valence-corrected chi connectivity index (χ0v) is 11.2. The molecule has 0 aromatic carbocycles. The summed E-state index contributed by atoms with van der Waals surface area (Å²) < 4.78 is 0. The molecular formula is C15H19N3O. The van der Waals surface area contributed by atoms with Gasteiger partial charge in [-0.1, -0.05) is 12.1 Å². The third kappa shape index (κ3) is 2.80. The van der Waals surface area contributed by atoms with Crippen LogP contribution in [0.15, 0.2) is 48.8 Å². The highest BCUT2D eigenvalue weighted by atomic mass is 16.3. The molecular weight excluding hydrogens is 238 g/mol. The second kappa shape index (κ2) is 5.07. The Morgan fingerprint density at radius 2 is 1.68 bits per heavy atom. The van der Waals surface area contributed by atoms with E-state index in [4.69, 9.17) is 5.73 Å². The lowest BCUT2D eigenvalue weighted by Crippen LogP contribution is -2.56. The second-order valence-electron chi connectivity index (χ2n) is 5.24. The van der Waals surface area contributed by atoms with Crippen LogP contribution in [0.2, 0.25) is 0 Å². The maximum absolute atomic E-state index is 10.5. The molecule has 19 heavy (non-hydrogen) atoms. The van der Waals surface area contributed by atoms with Crippen LogP contribution in [-0.2, 0) is 12.0 Å². The molecule has 0 spiro atoms. The van der Waals surface area contributed by atoms with Gasteiger partial charge in [0.15, 0.2) is 0 Å². The first-order chi connectivity index (χ1) is 8.93. The van der Waals surface area contributed by atoms with Gasteiger partial charge in [-0.3, -0.25) is 9.97 Å². The molecule has 2 aromatic rings. The molecule has 0 aliphatic carbocycles. The number of nitrogens with zero attached hydrogens (tertiary/aromatic N) is 2. The first kappa shape index (κ1) is 13.6. The van der Waals surface area contributed by atoms with E-state index >= 15 is 0 Å². The quantitative estimate of drug-likeness (QED) is 0.873. The molecule has 3 N–H and O–H groups in total. The number of rotatable bonds is 4. The monoisotopic (exact) mass is 257 g/mol. The van der Waals surface area contributed by atoms with Gasteiger partial charge in [0.25, 0.3) is 0 Å². The van der Waals surface area contributed by atoms with E-state index in [1.807, 2.05) is 36.4 Å². The van der Waals surface area contributed by atoms with E-state index < -0.39 is 11.1 Å². The Balaban J connectivity index is 2.42. The molecule has 0 amide bonds. The van der Waals surface area contributed by atoms with E-state index in [9.17, 15) is 5.11 Å². The minimum atomic E-state index is -1.11. The molecule has 0 saturated heterocycles. The van der Waals surface area contributed by atoms with Gasteiger partial charge >= 0.3 is 0 Å². The van der Waals surface area contributed by atoms with Crippen LogP contribution >= 0.6 is 0 Å². The highest BCUT2D eigenvalue weighted by molar-refractivity contribution is 5.24. The Morgan fingerprint density at radius 1 is 1.05 bits per heavy atom. The van der Waals surface area contributed by atoms with E-state index in [2.05, 4.69) is 9.97 Å². The molecule has 1 atom stereocenters. The summed E-state index contributed by atoms with van der Waals surface area (Å²) in [6.45, 7) is 3.40. The fourth-order valence-electron chi connectivity index (χ4n) is 2.04. The lowest BCUT2D eigenvalue weighted by Gasteiger charge is -2.39. The van der Waals surface area contributed by atoms with Gasteiger partial charge in [0.1, 0.15) is 0 Å². The lowest BCUT2D eigenvalue weighted by molar-refractivity contribution is -0.00790. The van der Waals surface area contributed by atoms with Crippen molar-refractivity contribution in [1.29, 1.82) is 0 Å². The predicted octanol–water partition coefficient (Wildman–Crippen LogP) is 1.64. The summed E-state index contributed by atoms with van der Waals surface area (Å²) in [5.41, 5.74) is 5.87. The van der Waals surface area contributed by atoms with Gasteiger partial charge in [-0.05, 0) is 38.1 Å². The van der Waals surface area contributed by atoms with Gasteiger partial charge in [-0.25, -0.2) is 0 Å². The van der Waals surface area contributed by atoms with E-state index in [1.165, 1.54) is 0 Å². The number of aromatic nitrogens is 2. The highest BCUT2D eigenvalue weighted by Gasteiger charge is 2.43. The van der Waals surface area contributed by atoms with Gasteiger partial charge in [0, 0.05) is 24.5 Å². The molecule has 2 heterocycles. The molecule has 0 bridgehead atoms.